The molecule has 0 aromatic carbocycles. The van der Waals surface area contributed by atoms with Crippen molar-refractivity contribution in [1.82, 2.24) is 14.9 Å². The Hall–Kier alpha value is -1.82. The van der Waals surface area contributed by atoms with Gasteiger partial charge in [-0.1, -0.05) is 16.8 Å². The van der Waals surface area contributed by atoms with Crippen molar-refractivity contribution in [2.24, 2.45) is 7.05 Å². The maximum Gasteiger partial charge on any atom is 0.275 e. The molecule has 0 aliphatic rings. The smallest absolute Gasteiger partial charge is 0.275 e. The lowest BCUT2D eigenvalue weighted by Crippen LogP contribution is -2.17. The summed E-state index contributed by atoms with van der Waals surface area (Å²) in [5.41, 5.74) is 2.11. The van der Waals surface area contributed by atoms with E-state index in [0.29, 0.717) is 33.6 Å². The highest BCUT2D eigenvalue weighted by molar-refractivity contribution is 6.34. The van der Waals surface area contributed by atoms with Crippen molar-refractivity contribution in [2.75, 3.05) is 5.32 Å². The number of nitrogens with one attached hydrogen (secondary N) is 1. The summed E-state index contributed by atoms with van der Waals surface area (Å²) in [6, 6.07) is 0. The molecule has 2 rings (SSSR count). The second-order valence-corrected chi connectivity index (χ2v) is 4.40. The Morgan fingerprint density at radius 2 is 2.00 bits per heavy atom. The Kier molecular flexibility index (Phi) is 3.13. The van der Waals surface area contributed by atoms with Gasteiger partial charge in [-0.3, -0.25) is 9.48 Å². The molecular formula is C11H13ClN4O2. The highest BCUT2D eigenvalue weighted by Gasteiger charge is 2.21. The van der Waals surface area contributed by atoms with Gasteiger partial charge in [-0.05, 0) is 20.8 Å². The number of aryl methyl sites for hydroxylation is 4. The van der Waals surface area contributed by atoms with E-state index < -0.39 is 0 Å². The molecule has 1 amide bonds. The van der Waals surface area contributed by atoms with Crippen LogP contribution >= 0.6 is 11.6 Å². The lowest BCUT2D eigenvalue weighted by Gasteiger charge is -2.04. The molecule has 0 fully saturated rings. The van der Waals surface area contributed by atoms with Crippen LogP contribution in [0.2, 0.25) is 5.02 Å². The van der Waals surface area contributed by atoms with E-state index in [-0.39, 0.29) is 5.91 Å². The first kappa shape index (κ1) is 12.6. The van der Waals surface area contributed by atoms with Gasteiger partial charge in [0.25, 0.3) is 5.91 Å². The molecule has 2 aromatic rings. The van der Waals surface area contributed by atoms with Gasteiger partial charge < -0.3 is 9.84 Å². The molecule has 18 heavy (non-hydrogen) atoms. The predicted octanol–water partition coefficient (Wildman–Crippen LogP) is 2.24. The first-order chi connectivity index (χ1) is 8.41. The lowest BCUT2D eigenvalue weighted by molar-refractivity contribution is 0.101. The minimum absolute atomic E-state index is 0.314. The van der Waals surface area contributed by atoms with Gasteiger partial charge in [0.1, 0.15) is 17.1 Å². The Labute approximate surface area is 109 Å². The van der Waals surface area contributed by atoms with Gasteiger partial charge in [-0.2, -0.15) is 5.10 Å². The number of rotatable bonds is 2. The van der Waals surface area contributed by atoms with E-state index in [1.165, 1.54) is 4.68 Å². The molecule has 0 bridgehead atoms. The third-order valence-electron chi connectivity index (χ3n) is 2.64. The standard InChI is InChI=1S/C11H13ClN4O2/c1-5-8(12)10(16(4)14-5)11(17)13-9-6(2)15-18-7(9)3/h1-4H3,(H,13,17). The number of nitrogens with zero attached hydrogens (tertiary/aromatic N) is 3. The summed E-state index contributed by atoms with van der Waals surface area (Å²) in [4.78, 5) is 12.1. The fourth-order valence-corrected chi connectivity index (χ4v) is 1.96. The van der Waals surface area contributed by atoms with Crippen LogP contribution in [0.3, 0.4) is 0 Å². The van der Waals surface area contributed by atoms with Crippen molar-refractivity contribution < 1.29 is 9.32 Å². The van der Waals surface area contributed by atoms with Gasteiger partial charge in [0, 0.05) is 7.05 Å². The molecule has 0 aliphatic heterocycles. The van der Waals surface area contributed by atoms with Crippen LogP contribution in [0.1, 0.15) is 27.6 Å². The highest BCUT2D eigenvalue weighted by atomic mass is 35.5. The minimum atomic E-state index is -0.336. The molecule has 0 unspecified atom stereocenters. The van der Waals surface area contributed by atoms with Crippen LogP contribution in [0.25, 0.3) is 0 Å². The maximum atomic E-state index is 12.1. The summed E-state index contributed by atoms with van der Waals surface area (Å²) in [6.07, 6.45) is 0. The Bertz CT molecular complexity index is 595. The Morgan fingerprint density at radius 1 is 1.33 bits per heavy atom. The van der Waals surface area contributed by atoms with E-state index in [0.717, 1.165) is 0 Å². The normalized spacial score (nSPS) is 10.7. The SMILES string of the molecule is Cc1nn(C)c(C(=O)Nc2c(C)noc2C)c1Cl. The fraction of sp³-hybridized carbons (Fsp3) is 0.364. The molecule has 2 aromatic heterocycles. The van der Waals surface area contributed by atoms with E-state index in [2.05, 4.69) is 15.6 Å². The summed E-state index contributed by atoms with van der Waals surface area (Å²) in [6.45, 7) is 5.23. The van der Waals surface area contributed by atoms with Crippen LogP contribution in [0.4, 0.5) is 5.69 Å². The number of carbonyl (C=O) groups is 1. The summed E-state index contributed by atoms with van der Waals surface area (Å²) in [5.74, 6) is 0.216. The number of hydrogen-bond donors (Lipinski definition) is 1. The van der Waals surface area contributed by atoms with E-state index in [1.54, 1.807) is 27.8 Å². The second kappa shape index (κ2) is 4.45. The van der Waals surface area contributed by atoms with Gasteiger partial charge in [0.05, 0.1) is 10.7 Å². The molecule has 1 N–H and O–H groups in total. The lowest BCUT2D eigenvalue weighted by atomic mass is 10.3. The number of halogens is 1. The summed E-state index contributed by atoms with van der Waals surface area (Å²) >= 11 is 6.05. The first-order valence-corrected chi connectivity index (χ1v) is 5.73. The molecule has 0 radical (unpaired) electrons. The summed E-state index contributed by atoms with van der Waals surface area (Å²) < 4.78 is 6.43. The maximum absolute atomic E-state index is 12.1. The average molecular weight is 269 g/mol. The van der Waals surface area contributed by atoms with Crippen molar-refractivity contribution in [3.63, 3.8) is 0 Å². The van der Waals surface area contributed by atoms with E-state index >= 15 is 0 Å². The molecule has 2 heterocycles. The molecule has 6 nitrogen and oxygen atoms in total. The van der Waals surface area contributed by atoms with Crippen LogP contribution in [-0.4, -0.2) is 20.8 Å². The largest absolute Gasteiger partial charge is 0.359 e. The van der Waals surface area contributed by atoms with Gasteiger partial charge >= 0.3 is 0 Å². The molecule has 0 atom stereocenters. The second-order valence-electron chi connectivity index (χ2n) is 4.02. The van der Waals surface area contributed by atoms with Crippen molar-refractivity contribution in [3.8, 4) is 0 Å². The van der Waals surface area contributed by atoms with Crippen LogP contribution in [0.5, 0.6) is 0 Å². The number of anilines is 1. The summed E-state index contributed by atoms with van der Waals surface area (Å²) in [7, 11) is 1.67. The quantitative estimate of drug-likeness (QED) is 0.906. The Morgan fingerprint density at radius 3 is 2.44 bits per heavy atom. The number of carbonyl (C=O) groups excluding carboxylic acids is 1. The van der Waals surface area contributed by atoms with Gasteiger partial charge in [-0.25, -0.2) is 0 Å². The molecule has 0 spiro atoms. The van der Waals surface area contributed by atoms with Crippen LogP contribution in [0.15, 0.2) is 4.52 Å². The molecule has 0 aliphatic carbocycles. The zero-order chi connectivity index (χ0) is 13.4. The van der Waals surface area contributed by atoms with Gasteiger partial charge in [0.2, 0.25) is 0 Å². The van der Waals surface area contributed by atoms with E-state index in [9.17, 15) is 4.79 Å². The summed E-state index contributed by atoms with van der Waals surface area (Å²) in [5, 5.41) is 10.9. The predicted molar refractivity (Wildman–Crippen MR) is 66.9 cm³/mol. The van der Waals surface area contributed by atoms with E-state index in [4.69, 9.17) is 16.1 Å². The zero-order valence-electron chi connectivity index (χ0n) is 10.5. The van der Waals surface area contributed by atoms with Gasteiger partial charge in [-0.15, -0.1) is 0 Å². The minimum Gasteiger partial charge on any atom is -0.359 e. The van der Waals surface area contributed by atoms with Crippen molar-refractivity contribution in [2.45, 2.75) is 20.8 Å². The van der Waals surface area contributed by atoms with Crippen molar-refractivity contribution in [1.29, 1.82) is 0 Å². The topological polar surface area (TPSA) is 73.0 Å². The third kappa shape index (κ3) is 1.99. The third-order valence-corrected chi connectivity index (χ3v) is 3.09. The van der Waals surface area contributed by atoms with Crippen molar-refractivity contribution >= 4 is 23.2 Å². The highest BCUT2D eigenvalue weighted by Crippen LogP contribution is 2.23. The van der Waals surface area contributed by atoms with Crippen molar-refractivity contribution in [3.05, 3.63) is 27.9 Å². The molecule has 0 saturated heterocycles. The number of aromatic nitrogens is 3. The number of amides is 1. The van der Waals surface area contributed by atoms with Gasteiger partial charge in [0.15, 0.2) is 5.76 Å². The fourth-order valence-electron chi connectivity index (χ4n) is 1.71. The van der Waals surface area contributed by atoms with Crippen LogP contribution < -0.4 is 5.32 Å². The first-order valence-electron chi connectivity index (χ1n) is 5.35. The molecule has 0 saturated carbocycles. The molecular weight excluding hydrogens is 256 g/mol. The molecule has 7 heteroatoms. The van der Waals surface area contributed by atoms with E-state index in [1.807, 2.05) is 0 Å². The zero-order valence-corrected chi connectivity index (χ0v) is 11.3. The molecule has 96 valence electrons. The average Bonchev–Trinajstić information content (AvgIpc) is 2.73. The van der Waals surface area contributed by atoms with Crippen LogP contribution in [0, 0.1) is 20.8 Å². The van der Waals surface area contributed by atoms with Crippen LogP contribution in [-0.2, 0) is 7.05 Å². The number of hydrogen-bond acceptors (Lipinski definition) is 4. The Balaban J connectivity index is 2.33. The monoisotopic (exact) mass is 268 g/mol.